The normalized spacial score (nSPS) is 14.1. The van der Waals surface area contributed by atoms with E-state index in [4.69, 9.17) is 5.11 Å². The Bertz CT molecular complexity index is 988. The van der Waals surface area contributed by atoms with Crippen molar-refractivity contribution in [2.45, 2.75) is 25.8 Å². The minimum Gasteiger partial charge on any atom is -0.476 e. The highest BCUT2D eigenvalue weighted by Crippen LogP contribution is 2.41. The third-order valence-electron chi connectivity index (χ3n) is 4.20. The number of carbonyl (C=O) groups is 1. The summed E-state index contributed by atoms with van der Waals surface area (Å²) in [6.07, 6.45) is 3.48. The van der Waals surface area contributed by atoms with Gasteiger partial charge in [0.25, 0.3) is 0 Å². The van der Waals surface area contributed by atoms with Crippen LogP contribution in [0.4, 0.5) is 0 Å². The van der Waals surface area contributed by atoms with Crippen molar-refractivity contribution in [2.75, 3.05) is 0 Å². The van der Waals surface area contributed by atoms with E-state index in [1.165, 1.54) is 11.0 Å². The van der Waals surface area contributed by atoms with E-state index in [1.54, 1.807) is 0 Å². The Kier molecular flexibility index (Phi) is 2.75. The molecule has 1 fully saturated rings. The first-order valence-corrected chi connectivity index (χ1v) is 7.31. The molecule has 4 rings (SSSR count). The molecular formula is C16H13N5O2. The van der Waals surface area contributed by atoms with Gasteiger partial charge < -0.3 is 9.67 Å². The number of aromatic carboxylic acids is 1. The molecule has 1 aliphatic carbocycles. The van der Waals surface area contributed by atoms with Gasteiger partial charge in [-0.05, 0) is 38.0 Å². The molecular weight excluding hydrogens is 294 g/mol. The average Bonchev–Trinajstić information content (AvgIpc) is 3.15. The van der Waals surface area contributed by atoms with Gasteiger partial charge in [-0.1, -0.05) is 0 Å². The third-order valence-corrected chi connectivity index (χ3v) is 4.20. The molecule has 2 heterocycles. The Balaban J connectivity index is 1.90. The molecule has 0 unspecified atom stereocenters. The van der Waals surface area contributed by atoms with E-state index in [0.29, 0.717) is 17.3 Å². The third kappa shape index (κ3) is 1.99. The lowest BCUT2D eigenvalue weighted by Crippen LogP contribution is -2.02. The van der Waals surface area contributed by atoms with Gasteiger partial charge in [0.2, 0.25) is 0 Å². The van der Waals surface area contributed by atoms with Crippen LogP contribution in [0.1, 0.15) is 40.6 Å². The van der Waals surface area contributed by atoms with Crippen molar-refractivity contribution in [2.24, 2.45) is 0 Å². The fourth-order valence-electron chi connectivity index (χ4n) is 2.98. The van der Waals surface area contributed by atoms with Crippen LogP contribution < -0.4 is 0 Å². The summed E-state index contributed by atoms with van der Waals surface area (Å²) in [6.45, 7) is 1.96. The molecule has 0 radical (unpaired) electrons. The number of benzene rings is 1. The van der Waals surface area contributed by atoms with E-state index in [-0.39, 0.29) is 5.69 Å². The van der Waals surface area contributed by atoms with Crippen molar-refractivity contribution in [1.29, 1.82) is 5.26 Å². The first-order chi connectivity index (χ1) is 11.1. The lowest BCUT2D eigenvalue weighted by atomic mass is 10.1. The molecule has 114 valence electrons. The zero-order valence-corrected chi connectivity index (χ0v) is 12.4. The van der Waals surface area contributed by atoms with Crippen LogP contribution in [-0.4, -0.2) is 30.6 Å². The number of fused-ring (bicyclic) bond motifs is 1. The highest BCUT2D eigenvalue weighted by atomic mass is 16.4. The van der Waals surface area contributed by atoms with Gasteiger partial charge in [0.1, 0.15) is 6.07 Å². The van der Waals surface area contributed by atoms with Crippen LogP contribution in [0.5, 0.6) is 0 Å². The van der Waals surface area contributed by atoms with Gasteiger partial charge in [0, 0.05) is 22.6 Å². The van der Waals surface area contributed by atoms with Gasteiger partial charge >= 0.3 is 5.97 Å². The van der Waals surface area contributed by atoms with Crippen LogP contribution in [0.3, 0.4) is 0 Å². The first kappa shape index (κ1) is 13.5. The molecule has 0 saturated heterocycles. The summed E-state index contributed by atoms with van der Waals surface area (Å²) < 4.78 is 2.22. The molecule has 7 heteroatoms. The number of nitriles is 1. The molecule has 3 aromatic rings. The molecule has 0 aliphatic heterocycles. The molecule has 7 nitrogen and oxygen atoms in total. The lowest BCUT2D eigenvalue weighted by molar-refractivity contribution is 0.0690. The Morgan fingerprint density at radius 1 is 1.43 bits per heavy atom. The number of carboxylic acid groups (broad SMARTS) is 1. The van der Waals surface area contributed by atoms with E-state index in [2.05, 4.69) is 20.8 Å². The SMILES string of the molecule is Cc1c(C#N)c2cc(-n3ncc(C(=O)O)n3)ccc2n1C1CC1. The number of carboxylic acids is 1. The van der Waals surface area contributed by atoms with Gasteiger partial charge in [-0.2, -0.15) is 15.2 Å². The van der Waals surface area contributed by atoms with Crippen LogP contribution >= 0.6 is 0 Å². The van der Waals surface area contributed by atoms with Gasteiger partial charge in [-0.3, -0.25) is 0 Å². The molecule has 1 aromatic carbocycles. The van der Waals surface area contributed by atoms with Crippen molar-refractivity contribution in [3.8, 4) is 11.8 Å². The number of hydrogen-bond donors (Lipinski definition) is 1. The van der Waals surface area contributed by atoms with Crippen molar-refractivity contribution >= 4 is 16.9 Å². The second-order valence-corrected chi connectivity index (χ2v) is 5.70. The summed E-state index contributed by atoms with van der Waals surface area (Å²) in [5.41, 5.74) is 3.17. The molecule has 0 bridgehead atoms. The highest BCUT2D eigenvalue weighted by Gasteiger charge is 2.28. The van der Waals surface area contributed by atoms with E-state index >= 15 is 0 Å². The van der Waals surface area contributed by atoms with Gasteiger partial charge in [0.15, 0.2) is 5.69 Å². The second kappa shape index (κ2) is 4.68. The number of hydrogen-bond acceptors (Lipinski definition) is 4. The molecule has 1 aliphatic rings. The van der Waals surface area contributed by atoms with Crippen LogP contribution in [-0.2, 0) is 0 Å². The fraction of sp³-hybridized carbons (Fsp3) is 0.250. The van der Waals surface area contributed by atoms with E-state index in [1.807, 2.05) is 25.1 Å². The predicted molar refractivity (Wildman–Crippen MR) is 81.5 cm³/mol. The predicted octanol–water partition coefficient (Wildman–Crippen LogP) is 2.44. The van der Waals surface area contributed by atoms with Crippen LogP contribution in [0.25, 0.3) is 16.6 Å². The summed E-state index contributed by atoms with van der Waals surface area (Å²) in [6, 6.07) is 8.38. The van der Waals surface area contributed by atoms with Crippen molar-refractivity contribution in [1.82, 2.24) is 19.6 Å². The molecule has 0 atom stereocenters. The molecule has 0 amide bonds. The van der Waals surface area contributed by atoms with Gasteiger partial charge in [-0.25, -0.2) is 4.79 Å². The summed E-state index contributed by atoms with van der Waals surface area (Å²) in [5, 5.41) is 27.2. The van der Waals surface area contributed by atoms with E-state index in [0.717, 1.165) is 29.4 Å². The minimum atomic E-state index is -1.12. The Morgan fingerprint density at radius 3 is 2.83 bits per heavy atom. The Labute approximate surface area is 131 Å². The minimum absolute atomic E-state index is 0.114. The van der Waals surface area contributed by atoms with Crippen LogP contribution in [0, 0.1) is 18.3 Å². The zero-order valence-electron chi connectivity index (χ0n) is 12.4. The average molecular weight is 307 g/mol. The maximum atomic E-state index is 10.9. The maximum absolute atomic E-state index is 10.9. The van der Waals surface area contributed by atoms with E-state index < -0.39 is 5.97 Å². The van der Waals surface area contributed by atoms with Crippen molar-refractivity contribution in [3.05, 3.63) is 41.3 Å². The molecule has 23 heavy (non-hydrogen) atoms. The summed E-state index contributed by atoms with van der Waals surface area (Å²) in [4.78, 5) is 12.2. The second-order valence-electron chi connectivity index (χ2n) is 5.70. The first-order valence-electron chi connectivity index (χ1n) is 7.31. The van der Waals surface area contributed by atoms with Gasteiger partial charge in [-0.15, -0.1) is 5.10 Å². The van der Waals surface area contributed by atoms with Crippen LogP contribution in [0.2, 0.25) is 0 Å². The highest BCUT2D eigenvalue weighted by molar-refractivity contribution is 5.90. The lowest BCUT2D eigenvalue weighted by Gasteiger charge is -2.06. The fourth-order valence-corrected chi connectivity index (χ4v) is 2.98. The monoisotopic (exact) mass is 307 g/mol. The topological polar surface area (TPSA) is 96.7 Å². The Hall–Kier alpha value is -3.14. The molecule has 2 aromatic heterocycles. The molecule has 1 N–H and O–H groups in total. The Morgan fingerprint density at radius 2 is 2.22 bits per heavy atom. The largest absolute Gasteiger partial charge is 0.476 e. The standard InChI is InChI=1S/C16H13N5O2/c1-9-13(7-17)12-6-11(21-18-8-14(19-21)16(22)23)4-5-15(12)20(9)10-2-3-10/h4-6,8,10H,2-3H2,1H3,(H,22,23). The summed E-state index contributed by atoms with van der Waals surface area (Å²) >= 11 is 0. The maximum Gasteiger partial charge on any atom is 0.358 e. The number of rotatable bonds is 3. The van der Waals surface area contributed by atoms with E-state index in [9.17, 15) is 10.1 Å². The van der Waals surface area contributed by atoms with Gasteiger partial charge in [0.05, 0.1) is 17.4 Å². The quantitative estimate of drug-likeness (QED) is 0.801. The van der Waals surface area contributed by atoms with Crippen molar-refractivity contribution in [3.63, 3.8) is 0 Å². The smallest absolute Gasteiger partial charge is 0.358 e. The molecule has 0 spiro atoms. The van der Waals surface area contributed by atoms with Crippen LogP contribution in [0.15, 0.2) is 24.4 Å². The summed E-state index contributed by atoms with van der Waals surface area (Å²) in [7, 11) is 0. The summed E-state index contributed by atoms with van der Waals surface area (Å²) in [5.74, 6) is -1.12. The number of aromatic nitrogens is 4. The number of nitrogens with zero attached hydrogens (tertiary/aromatic N) is 5. The molecule has 1 saturated carbocycles. The zero-order chi connectivity index (χ0) is 16.1. The van der Waals surface area contributed by atoms with Crippen molar-refractivity contribution < 1.29 is 9.90 Å².